The predicted molar refractivity (Wildman–Crippen MR) is 110 cm³/mol. The van der Waals surface area contributed by atoms with Gasteiger partial charge in [-0.05, 0) is 31.0 Å². The van der Waals surface area contributed by atoms with Gasteiger partial charge in [-0.25, -0.2) is 0 Å². The number of carbonyl (C=O) groups is 1. The van der Waals surface area contributed by atoms with E-state index in [2.05, 4.69) is 20.5 Å². The average Bonchev–Trinajstić information content (AvgIpc) is 3.07. The second kappa shape index (κ2) is 10.4. The molecule has 0 aliphatic carbocycles. The Hall–Kier alpha value is -3.72. The van der Waals surface area contributed by atoms with E-state index in [0.717, 1.165) is 22.5 Å². The molecular weight excluding hydrogens is 358 g/mol. The lowest BCUT2D eigenvalue weighted by molar-refractivity contribution is 0.0958. The zero-order chi connectivity index (χ0) is 19.8. The summed E-state index contributed by atoms with van der Waals surface area (Å²) < 4.78 is 0. The number of benzene rings is 2. The smallest absolute Gasteiger partial charge is 0.251 e. The normalized spacial score (nSPS) is 9.50. The molecule has 0 saturated carbocycles. The number of amidine groups is 1. The number of rotatable bonds is 4. The van der Waals surface area contributed by atoms with Crippen LogP contribution in [0.2, 0.25) is 0 Å². The van der Waals surface area contributed by atoms with Crippen LogP contribution < -0.4 is 16.8 Å². The van der Waals surface area contributed by atoms with Crippen LogP contribution in [-0.2, 0) is 0 Å². The molecule has 0 radical (unpaired) electrons. The minimum Gasteiger partial charge on any atom is -0.412 e. The van der Waals surface area contributed by atoms with Crippen LogP contribution >= 0.6 is 0 Å². The van der Waals surface area contributed by atoms with Crippen molar-refractivity contribution in [3.63, 3.8) is 0 Å². The van der Waals surface area contributed by atoms with Crippen molar-refractivity contribution in [2.24, 2.45) is 5.73 Å². The van der Waals surface area contributed by atoms with Crippen LogP contribution in [0, 0.1) is 19.3 Å². The molecule has 0 spiro atoms. The van der Waals surface area contributed by atoms with Crippen molar-refractivity contribution in [2.75, 3.05) is 12.3 Å². The van der Waals surface area contributed by atoms with Crippen molar-refractivity contribution in [1.29, 1.82) is 5.41 Å². The van der Waals surface area contributed by atoms with Crippen LogP contribution in [-0.4, -0.2) is 38.9 Å². The maximum Gasteiger partial charge on any atom is 0.251 e. The number of nitrogens with one attached hydrogen (secondary N) is 3. The molecule has 9 N–H and O–H groups in total. The van der Waals surface area contributed by atoms with E-state index in [-0.39, 0.29) is 29.7 Å². The van der Waals surface area contributed by atoms with E-state index < -0.39 is 0 Å². The molecule has 28 heavy (non-hydrogen) atoms. The van der Waals surface area contributed by atoms with Crippen LogP contribution in [0.25, 0.3) is 11.4 Å². The van der Waals surface area contributed by atoms with E-state index >= 15 is 0 Å². The fraction of sp³-hybridized carbons (Fsp3) is 0.158. The first kappa shape index (κ1) is 22.3. The number of anilines is 1. The topological polar surface area (TPSA) is 178 Å². The number of carbonyl (C=O) groups excluding carboxylic acids is 1. The van der Waals surface area contributed by atoms with Crippen LogP contribution in [0.5, 0.6) is 0 Å². The van der Waals surface area contributed by atoms with Crippen LogP contribution in [0.15, 0.2) is 48.5 Å². The second-order valence-corrected chi connectivity index (χ2v) is 5.88. The molecular formula is C19H25N7O2. The Kier molecular flexibility index (Phi) is 8.32. The van der Waals surface area contributed by atoms with Gasteiger partial charge in [0.05, 0.1) is 6.54 Å². The Balaban J connectivity index is 0.000000271. The highest BCUT2D eigenvalue weighted by Gasteiger charge is 2.07. The first-order valence-corrected chi connectivity index (χ1v) is 8.29. The highest BCUT2D eigenvalue weighted by molar-refractivity contribution is 5.97. The number of hydrogen-bond acceptors (Lipinski definition) is 5. The molecule has 0 aliphatic heterocycles. The summed E-state index contributed by atoms with van der Waals surface area (Å²) in [6.07, 6.45) is 0. The molecule has 1 aromatic heterocycles. The SMILES string of the molecule is Cc1ccccc1-c1nc(N)n[nH]1.Cc1ccccc1C(=O)NCC(=N)N.O. The number of aromatic amines is 1. The van der Waals surface area contributed by atoms with Crippen molar-refractivity contribution in [1.82, 2.24) is 20.5 Å². The van der Waals surface area contributed by atoms with E-state index in [1.807, 2.05) is 50.2 Å². The third kappa shape index (κ3) is 6.22. The molecule has 9 nitrogen and oxygen atoms in total. The monoisotopic (exact) mass is 383 g/mol. The lowest BCUT2D eigenvalue weighted by Crippen LogP contribution is -2.33. The van der Waals surface area contributed by atoms with Gasteiger partial charge in [-0.15, -0.1) is 5.10 Å². The lowest BCUT2D eigenvalue weighted by Gasteiger charge is -2.05. The fourth-order valence-electron chi connectivity index (χ4n) is 2.33. The Labute approximate surface area is 163 Å². The number of H-pyrrole nitrogens is 1. The number of hydrogen-bond donors (Lipinski definition) is 5. The Morgan fingerprint density at radius 3 is 2.25 bits per heavy atom. The highest BCUT2D eigenvalue weighted by atomic mass is 16.1. The molecule has 1 amide bonds. The zero-order valence-electron chi connectivity index (χ0n) is 15.8. The molecule has 1 heterocycles. The van der Waals surface area contributed by atoms with Gasteiger partial charge in [0.25, 0.3) is 5.91 Å². The standard InChI is InChI=1S/C10H13N3O.C9H10N4.H2O/c1-7-4-2-3-5-8(7)10(14)13-6-9(11)12;1-6-4-2-3-5-7(6)8-11-9(10)13-12-8;/h2-5H,6H2,1H3,(H3,11,12)(H,13,14);2-5H,1H3,(H3,10,11,12,13);1H2. The van der Waals surface area contributed by atoms with Crippen molar-refractivity contribution in [2.45, 2.75) is 13.8 Å². The Morgan fingerprint density at radius 1 is 1.11 bits per heavy atom. The van der Waals surface area contributed by atoms with Crippen molar-refractivity contribution in [3.8, 4) is 11.4 Å². The maximum absolute atomic E-state index is 11.5. The molecule has 2 aromatic carbocycles. The summed E-state index contributed by atoms with van der Waals surface area (Å²) in [7, 11) is 0. The number of amides is 1. The molecule has 0 unspecified atom stereocenters. The van der Waals surface area contributed by atoms with E-state index in [9.17, 15) is 4.79 Å². The van der Waals surface area contributed by atoms with E-state index in [0.29, 0.717) is 5.56 Å². The van der Waals surface area contributed by atoms with Gasteiger partial charge in [-0.1, -0.05) is 42.5 Å². The zero-order valence-corrected chi connectivity index (χ0v) is 15.8. The number of nitrogen functional groups attached to an aromatic ring is 1. The third-order valence-corrected chi connectivity index (χ3v) is 3.73. The van der Waals surface area contributed by atoms with Gasteiger partial charge in [-0.3, -0.25) is 15.3 Å². The summed E-state index contributed by atoms with van der Waals surface area (Å²) >= 11 is 0. The van der Waals surface area contributed by atoms with Gasteiger partial charge in [0.1, 0.15) is 5.84 Å². The maximum atomic E-state index is 11.5. The molecule has 148 valence electrons. The molecule has 0 aliphatic rings. The molecule has 0 atom stereocenters. The van der Waals surface area contributed by atoms with Crippen molar-refractivity contribution >= 4 is 17.7 Å². The first-order chi connectivity index (χ1) is 12.9. The molecule has 9 heteroatoms. The molecule has 0 saturated heterocycles. The number of nitrogens with zero attached hydrogens (tertiary/aromatic N) is 2. The van der Waals surface area contributed by atoms with Crippen LogP contribution in [0.1, 0.15) is 21.5 Å². The quantitative estimate of drug-likeness (QED) is 0.335. The number of nitrogens with two attached hydrogens (primary N) is 2. The van der Waals surface area contributed by atoms with Gasteiger partial charge in [0, 0.05) is 11.1 Å². The van der Waals surface area contributed by atoms with E-state index in [4.69, 9.17) is 16.9 Å². The second-order valence-electron chi connectivity index (χ2n) is 5.88. The molecule has 3 rings (SSSR count). The lowest BCUT2D eigenvalue weighted by atomic mass is 10.1. The van der Waals surface area contributed by atoms with Gasteiger partial charge in [0.2, 0.25) is 5.95 Å². The summed E-state index contributed by atoms with van der Waals surface area (Å²) in [5.74, 6) is 0.749. The first-order valence-electron chi connectivity index (χ1n) is 8.29. The summed E-state index contributed by atoms with van der Waals surface area (Å²) in [5, 5.41) is 16.1. The summed E-state index contributed by atoms with van der Waals surface area (Å²) in [6, 6.07) is 15.2. The van der Waals surface area contributed by atoms with Crippen molar-refractivity contribution < 1.29 is 10.3 Å². The predicted octanol–water partition coefficient (Wildman–Crippen LogP) is 1.20. The van der Waals surface area contributed by atoms with Crippen LogP contribution in [0.4, 0.5) is 5.95 Å². The van der Waals surface area contributed by atoms with Gasteiger partial charge in [0.15, 0.2) is 5.82 Å². The molecule has 0 fully saturated rings. The summed E-state index contributed by atoms with van der Waals surface area (Å²) in [5.41, 5.74) is 14.3. The Morgan fingerprint density at radius 2 is 1.71 bits per heavy atom. The number of aromatic nitrogens is 3. The molecule has 0 bridgehead atoms. The van der Waals surface area contributed by atoms with E-state index in [1.54, 1.807) is 12.1 Å². The summed E-state index contributed by atoms with van der Waals surface area (Å²) in [6.45, 7) is 3.98. The minimum atomic E-state index is -0.196. The van der Waals surface area contributed by atoms with Crippen LogP contribution in [0.3, 0.4) is 0 Å². The summed E-state index contributed by atoms with van der Waals surface area (Å²) in [4.78, 5) is 15.6. The molecule has 3 aromatic rings. The third-order valence-electron chi connectivity index (χ3n) is 3.73. The van der Waals surface area contributed by atoms with E-state index in [1.165, 1.54) is 0 Å². The van der Waals surface area contributed by atoms with Crippen molar-refractivity contribution in [3.05, 3.63) is 65.2 Å². The van der Waals surface area contributed by atoms with Gasteiger partial charge < -0.3 is 22.3 Å². The minimum absolute atomic E-state index is 0. The average molecular weight is 383 g/mol. The van der Waals surface area contributed by atoms with Gasteiger partial charge in [-0.2, -0.15) is 4.98 Å². The fourth-order valence-corrected chi connectivity index (χ4v) is 2.33. The van der Waals surface area contributed by atoms with Gasteiger partial charge >= 0.3 is 0 Å². The highest BCUT2D eigenvalue weighted by Crippen LogP contribution is 2.18. The Bertz CT molecular complexity index is 937. The number of aryl methyl sites for hydroxylation is 2. The largest absolute Gasteiger partial charge is 0.412 e.